The van der Waals surface area contributed by atoms with Crippen molar-refractivity contribution in [2.24, 2.45) is 0 Å². The minimum Gasteiger partial charge on any atom is -0.345 e. The third-order valence-electron chi connectivity index (χ3n) is 3.46. The number of nitrogens with zero attached hydrogens (tertiary/aromatic N) is 1. The first-order valence-electron chi connectivity index (χ1n) is 7.09. The molecule has 0 fully saturated rings. The van der Waals surface area contributed by atoms with Crippen molar-refractivity contribution in [2.75, 3.05) is 6.26 Å². The maximum Gasteiger partial charge on any atom is 0.233 e. The molecule has 4 nitrogen and oxygen atoms in total. The number of aromatic nitrogens is 2. The first kappa shape index (κ1) is 15.6. The highest BCUT2D eigenvalue weighted by atomic mass is 32.2. The molecule has 0 aliphatic carbocycles. The lowest BCUT2D eigenvalue weighted by molar-refractivity contribution is -0.121. The van der Waals surface area contributed by atoms with Crippen LogP contribution in [0.25, 0.3) is 11.3 Å². The molecule has 112 valence electrons. The summed E-state index contributed by atoms with van der Waals surface area (Å²) >= 11 is 1.54. The molecule has 1 aromatic heterocycles. The SMILES string of the molecule is CCC(NC(=O)C(C)SC)c1ncc(-c2ccccc2)[nH]1. The molecule has 0 spiro atoms. The summed E-state index contributed by atoms with van der Waals surface area (Å²) in [6.45, 7) is 3.95. The van der Waals surface area contributed by atoms with Gasteiger partial charge < -0.3 is 10.3 Å². The van der Waals surface area contributed by atoms with Gasteiger partial charge in [0.15, 0.2) is 0 Å². The number of H-pyrrole nitrogens is 1. The largest absolute Gasteiger partial charge is 0.345 e. The highest BCUT2D eigenvalue weighted by Crippen LogP contribution is 2.21. The molecule has 0 aliphatic rings. The van der Waals surface area contributed by atoms with Crippen LogP contribution in [-0.2, 0) is 4.79 Å². The monoisotopic (exact) mass is 303 g/mol. The molecule has 2 N–H and O–H groups in total. The molecule has 1 amide bonds. The van der Waals surface area contributed by atoms with Crippen molar-refractivity contribution in [3.8, 4) is 11.3 Å². The Kier molecular flexibility index (Phi) is 5.44. The maximum absolute atomic E-state index is 12.0. The predicted octanol–water partition coefficient (Wildman–Crippen LogP) is 3.40. The molecule has 1 aromatic carbocycles. The van der Waals surface area contributed by atoms with Crippen LogP contribution in [0.2, 0.25) is 0 Å². The number of benzene rings is 1. The van der Waals surface area contributed by atoms with Crippen LogP contribution in [0.1, 0.15) is 32.1 Å². The van der Waals surface area contributed by atoms with E-state index in [1.807, 2.05) is 56.6 Å². The van der Waals surface area contributed by atoms with Gasteiger partial charge >= 0.3 is 0 Å². The Morgan fingerprint density at radius 3 is 2.71 bits per heavy atom. The van der Waals surface area contributed by atoms with Crippen molar-refractivity contribution in [1.29, 1.82) is 0 Å². The molecule has 2 atom stereocenters. The summed E-state index contributed by atoms with van der Waals surface area (Å²) in [5.41, 5.74) is 2.06. The molecule has 21 heavy (non-hydrogen) atoms. The van der Waals surface area contributed by atoms with Crippen LogP contribution in [0.5, 0.6) is 0 Å². The highest BCUT2D eigenvalue weighted by Gasteiger charge is 2.19. The average molecular weight is 303 g/mol. The highest BCUT2D eigenvalue weighted by molar-refractivity contribution is 7.99. The third kappa shape index (κ3) is 3.88. The quantitative estimate of drug-likeness (QED) is 0.860. The molecule has 0 radical (unpaired) electrons. The molecule has 0 saturated carbocycles. The van der Waals surface area contributed by atoms with Gasteiger partial charge in [0.05, 0.1) is 23.2 Å². The fourth-order valence-corrected chi connectivity index (χ4v) is 2.32. The van der Waals surface area contributed by atoms with Crippen molar-refractivity contribution < 1.29 is 4.79 Å². The smallest absolute Gasteiger partial charge is 0.233 e. The number of rotatable bonds is 6. The van der Waals surface area contributed by atoms with Gasteiger partial charge in [-0.05, 0) is 25.2 Å². The van der Waals surface area contributed by atoms with Crippen LogP contribution >= 0.6 is 11.8 Å². The lowest BCUT2D eigenvalue weighted by Gasteiger charge is -2.17. The lowest BCUT2D eigenvalue weighted by Crippen LogP contribution is -2.34. The number of carbonyl (C=O) groups is 1. The van der Waals surface area contributed by atoms with E-state index in [-0.39, 0.29) is 17.2 Å². The van der Waals surface area contributed by atoms with Gasteiger partial charge in [-0.2, -0.15) is 11.8 Å². The average Bonchev–Trinajstić information content (AvgIpc) is 3.02. The number of aromatic amines is 1. The van der Waals surface area contributed by atoms with Crippen LogP contribution < -0.4 is 5.32 Å². The van der Waals surface area contributed by atoms with Gasteiger partial charge in [0.25, 0.3) is 0 Å². The van der Waals surface area contributed by atoms with Crippen molar-refractivity contribution >= 4 is 17.7 Å². The minimum absolute atomic E-state index is 0.0482. The Bertz CT molecular complexity index is 582. The normalized spacial score (nSPS) is 13.7. The van der Waals surface area contributed by atoms with Crippen LogP contribution in [0.4, 0.5) is 0 Å². The van der Waals surface area contributed by atoms with Crippen molar-refractivity contribution in [2.45, 2.75) is 31.6 Å². The van der Waals surface area contributed by atoms with Gasteiger partial charge in [-0.25, -0.2) is 4.98 Å². The third-order valence-corrected chi connectivity index (χ3v) is 4.38. The van der Waals surface area contributed by atoms with Crippen LogP contribution in [0.3, 0.4) is 0 Å². The molecule has 0 bridgehead atoms. The minimum atomic E-state index is -0.0791. The Morgan fingerprint density at radius 2 is 2.10 bits per heavy atom. The summed E-state index contributed by atoms with van der Waals surface area (Å²) in [5.74, 6) is 0.852. The second-order valence-electron chi connectivity index (χ2n) is 4.90. The molecule has 5 heteroatoms. The van der Waals surface area contributed by atoms with Crippen molar-refractivity contribution in [1.82, 2.24) is 15.3 Å². The number of hydrogen-bond acceptors (Lipinski definition) is 3. The molecule has 0 saturated heterocycles. The fourth-order valence-electron chi connectivity index (χ4n) is 2.04. The fraction of sp³-hybridized carbons (Fsp3) is 0.375. The van der Waals surface area contributed by atoms with E-state index in [1.54, 1.807) is 0 Å². The number of thioether (sulfide) groups is 1. The summed E-state index contributed by atoms with van der Waals surface area (Å²) < 4.78 is 0. The Balaban J connectivity index is 2.13. The molecule has 0 aliphatic heterocycles. The van der Waals surface area contributed by atoms with E-state index in [0.717, 1.165) is 23.5 Å². The van der Waals surface area contributed by atoms with Crippen LogP contribution in [0, 0.1) is 0 Å². The Morgan fingerprint density at radius 1 is 1.38 bits per heavy atom. The van der Waals surface area contributed by atoms with Gasteiger partial charge in [0.2, 0.25) is 5.91 Å². The van der Waals surface area contributed by atoms with Crippen molar-refractivity contribution in [3.05, 3.63) is 42.4 Å². The van der Waals surface area contributed by atoms with Crippen LogP contribution in [0.15, 0.2) is 36.5 Å². The second kappa shape index (κ2) is 7.31. The lowest BCUT2D eigenvalue weighted by atomic mass is 10.2. The van der Waals surface area contributed by atoms with E-state index < -0.39 is 0 Å². The summed E-state index contributed by atoms with van der Waals surface area (Å²) in [6.07, 6.45) is 4.55. The summed E-state index contributed by atoms with van der Waals surface area (Å²) in [7, 11) is 0. The van der Waals surface area contributed by atoms with Crippen LogP contribution in [-0.4, -0.2) is 27.4 Å². The van der Waals surface area contributed by atoms with E-state index in [9.17, 15) is 4.79 Å². The van der Waals surface area contributed by atoms with Gasteiger partial charge in [-0.3, -0.25) is 4.79 Å². The number of hydrogen-bond donors (Lipinski definition) is 2. The van der Waals surface area contributed by atoms with E-state index in [2.05, 4.69) is 15.3 Å². The topological polar surface area (TPSA) is 57.8 Å². The summed E-state index contributed by atoms with van der Waals surface area (Å²) in [6, 6.07) is 9.97. The summed E-state index contributed by atoms with van der Waals surface area (Å²) in [5, 5.41) is 2.99. The first-order valence-corrected chi connectivity index (χ1v) is 8.38. The molecule has 2 unspecified atom stereocenters. The second-order valence-corrected chi connectivity index (χ2v) is 6.07. The number of imidazole rings is 1. The maximum atomic E-state index is 12.0. The van der Waals surface area contributed by atoms with E-state index in [1.165, 1.54) is 11.8 Å². The first-order chi connectivity index (χ1) is 10.2. The van der Waals surface area contributed by atoms with E-state index >= 15 is 0 Å². The van der Waals surface area contributed by atoms with Gasteiger partial charge in [-0.15, -0.1) is 0 Å². The van der Waals surface area contributed by atoms with Crippen molar-refractivity contribution in [3.63, 3.8) is 0 Å². The van der Waals surface area contributed by atoms with Gasteiger partial charge in [-0.1, -0.05) is 37.3 Å². The van der Waals surface area contributed by atoms with Gasteiger partial charge in [0.1, 0.15) is 5.82 Å². The predicted molar refractivity (Wildman–Crippen MR) is 88.2 cm³/mol. The Labute approximate surface area is 129 Å². The Hall–Kier alpha value is -1.75. The zero-order chi connectivity index (χ0) is 15.2. The molecule has 1 heterocycles. The standard InChI is InChI=1S/C16H21N3OS/c1-4-13(19-16(20)11(2)21-3)15-17-10-14(18-15)12-8-6-5-7-9-12/h5-11,13H,4H2,1-3H3,(H,17,18)(H,19,20). The molecule has 2 rings (SSSR count). The molecule has 2 aromatic rings. The van der Waals surface area contributed by atoms with E-state index in [0.29, 0.717) is 0 Å². The van der Waals surface area contributed by atoms with E-state index in [4.69, 9.17) is 0 Å². The van der Waals surface area contributed by atoms with Gasteiger partial charge in [0, 0.05) is 0 Å². The molecular formula is C16H21N3OS. The number of amides is 1. The zero-order valence-electron chi connectivity index (χ0n) is 12.6. The number of carbonyl (C=O) groups excluding carboxylic acids is 1. The molecular weight excluding hydrogens is 282 g/mol. The zero-order valence-corrected chi connectivity index (χ0v) is 13.4. The number of nitrogens with one attached hydrogen (secondary N) is 2. The summed E-state index contributed by atoms with van der Waals surface area (Å²) in [4.78, 5) is 19.8.